The van der Waals surface area contributed by atoms with E-state index in [0.717, 1.165) is 16.7 Å². The third kappa shape index (κ3) is 4.71. The fraction of sp³-hybridized carbons (Fsp3) is 0.250. The van der Waals surface area contributed by atoms with Gasteiger partial charge in [-0.2, -0.15) is 0 Å². The van der Waals surface area contributed by atoms with Crippen molar-refractivity contribution in [3.8, 4) is 0 Å². The number of halogens is 2. The first kappa shape index (κ1) is 23.2. The van der Waals surface area contributed by atoms with Gasteiger partial charge in [-0.05, 0) is 0 Å². The molecule has 2 nitrogen and oxygen atoms in total. The van der Waals surface area contributed by atoms with Crippen LogP contribution in [0.25, 0.3) is 6.08 Å². The molecule has 2 aromatic rings. The molecule has 1 unspecified atom stereocenters. The average molecular weight is 441 g/mol. The number of benzene rings is 2. The zero-order valence-electron chi connectivity index (χ0n) is 15.5. The second-order valence-electron chi connectivity index (χ2n) is 6.80. The second-order valence-corrected chi connectivity index (χ2v) is 19.9. The van der Waals surface area contributed by atoms with Crippen LogP contribution < -0.4 is 28.6 Å². The summed E-state index contributed by atoms with van der Waals surface area (Å²) in [5, 5.41) is 0. The largest absolute Gasteiger partial charge is 1.00 e. The summed E-state index contributed by atoms with van der Waals surface area (Å²) in [6.07, 6.45) is 4.56. The molecule has 1 atom stereocenters. The molecule has 1 aliphatic rings. The number of hydrogen-bond donors (Lipinski definition) is 1. The summed E-state index contributed by atoms with van der Waals surface area (Å²) in [6, 6.07) is 14.7. The Labute approximate surface area is 176 Å². The summed E-state index contributed by atoms with van der Waals surface area (Å²) in [7, 11) is 0. The summed E-state index contributed by atoms with van der Waals surface area (Å²) in [4.78, 5) is 13.0. The van der Waals surface area contributed by atoms with Crippen LogP contribution in [0.15, 0.2) is 48.5 Å². The SMILES string of the molecule is Cc1cccc(C)c1C(=O)[NH][Ti+2]([CH]1C=Cc2ccccc21)[SiH](C)C.[Cl-].[Cl-]. The van der Waals surface area contributed by atoms with Crippen LogP contribution in [0, 0.1) is 13.8 Å². The predicted octanol–water partition coefficient (Wildman–Crippen LogP) is -1.67. The number of carbonyl (C=O) groups excluding carboxylic acids is 1. The van der Waals surface area contributed by atoms with Gasteiger partial charge in [0.15, 0.2) is 0 Å². The minimum atomic E-state index is -1.74. The third-order valence-corrected chi connectivity index (χ3v) is 16.5. The van der Waals surface area contributed by atoms with Gasteiger partial charge in [0.1, 0.15) is 0 Å². The van der Waals surface area contributed by atoms with Gasteiger partial charge in [-0.15, -0.1) is 0 Å². The molecular formula is C20H24Cl2NOSiTi. The molecule has 0 spiro atoms. The number of nitrogens with one attached hydrogen (secondary N) is 1. The Kier molecular flexibility index (Phi) is 8.84. The van der Waals surface area contributed by atoms with Crippen LogP contribution >= 0.6 is 0 Å². The van der Waals surface area contributed by atoms with Crippen molar-refractivity contribution in [2.24, 2.45) is 0 Å². The van der Waals surface area contributed by atoms with E-state index in [4.69, 9.17) is 0 Å². The zero-order chi connectivity index (χ0) is 17.3. The van der Waals surface area contributed by atoms with Crippen molar-refractivity contribution in [3.63, 3.8) is 0 Å². The summed E-state index contributed by atoms with van der Waals surface area (Å²) in [5.41, 5.74) is 5.74. The number of hydrogen-bond acceptors (Lipinski definition) is 1. The Bertz CT molecular complexity index is 790. The number of allylic oxidation sites excluding steroid dienone is 1. The van der Waals surface area contributed by atoms with Gasteiger partial charge in [-0.1, -0.05) is 0 Å². The standard InChI is InChI=1S/C9H11NO.C9H7.C2H7Si.2ClH.Ti/c1-6-4-3-5-7(2)8(6)9(10)11;1-2-5-9-7-3-6-8(9)4-1;1-3-2;;;/h3-5H,1-2H3,(H2,10,11);1-7H;3H,1-2H3;2*1H;/q;;;;;+3/p-3. The fourth-order valence-electron chi connectivity index (χ4n) is 3.47. The molecule has 0 heterocycles. The molecule has 0 saturated heterocycles. The van der Waals surface area contributed by atoms with Gasteiger partial charge in [0.05, 0.1) is 0 Å². The van der Waals surface area contributed by atoms with Gasteiger partial charge in [0, 0.05) is 0 Å². The Morgan fingerprint density at radius 3 is 2.23 bits per heavy atom. The molecule has 26 heavy (non-hydrogen) atoms. The number of rotatable bonds is 4. The van der Waals surface area contributed by atoms with Crippen LogP contribution in [0.5, 0.6) is 0 Å². The summed E-state index contributed by atoms with van der Waals surface area (Å²) in [5.74, 6) is 0.139. The molecule has 137 valence electrons. The Morgan fingerprint density at radius 1 is 1.00 bits per heavy atom. The molecule has 0 bridgehead atoms. The van der Waals surface area contributed by atoms with Crippen molar-refractivity contribution in [2.75, 3.05) is 0 Å². The Hall–Kier alpha value is -0.839. The first-order valence-corrected chi connectivity index (χ1v) is 15.8. The van der Waals surface area contributed by atoms with Crippen molar-refractivity contribution >= 4 is 18.6 Å². The normalized spacial score (nSPS) is 14.3. The molecule has 0 aliphatic heterocycles. The van der Waals surface area contributed by atoms with E-state index in [2.05, 4.69) is 53.3 Å². The number of fused-ring (bicyclic) bond motifs is 1. The minimum Gasteiger partial charge on any atom is -1.00 e. The van der Waals surface area contributed by atoms with Gasteiger partial charge in [-0.3, -0.25) is 0 Å². The van der Waals surface area contributed by atoms with Crippen molar-refractivity contribution < 1.29 is 47.0 Å². The van der Waals surface area contributed by atoms with Gasteiger partial charge < -0.3 is 24.8 Å². The maximum absolute atomic E-state index is 13.0. The molecule has 0 fully saturated rings. The molecule has 2 aromatic carbocycles. The van der Waals surface area contributed by atoms with E-state index in [1.165, 1.54) is 11.1 Å². The summed E-state index contributed by atoms with van der Waals surface area (Å²) in [6.45, 7) is 7.90. The van der Waals surface area contributed by atoms with Crippen LogP contribution in [0.1, 0.15) is 36.8 Å². The van der Waals surface area contributed by atoms with E-state index in [1.807, 2.05) is 32.0 Å². The molecular weight excluding hydrogens is 417 g/mol. The Balaban J connectivity index is 0.00000169. The average Bonchev–Trinajstić information content (AvgIpc) is 2.96. The predicted molar refractivity (Wildman–Crippen MR) is 100 cm³/mol. The molecule has 3 rings (SSSR count). The summed E-state index contributed by atoms with van der Waals surface area (Å²) < 4.78 is 3.99. The van der Waals surface area contributed by atoms with Gasteiger partial charge in [-0.25, -0.2) is 0 Å². The molecule has 0 saturated carbocycles. The van der Waals surface area contributed by atoms with Crippen molar-refractivity contribution in [1.82, 2.24) is 3.80 Å². The monoisotopic (exact) mass is 440 g/mol. The van der Waals surface area contributed by atoms with Crippen molar-refractivity contribution in [3.05, 3.63) is 76.4 Å². The van der Waals surface area contributed by atoms with E-state index in [0.29, 0.717) is 4.22 Å². The van der Waals surface area contributed by atoms with E-state index in [1.54, 1.807) is 0 Å². The summed E-state index contributed by atoms with van der Waals surface area (Å²) >= 11 is -1.74. The number of amides is 1. The molecule has 6 heteroatoms. The smallest absolute Gasteiger partial charge is 1.00 e. The molecule has 1 amide bonds. The van der Waals surface area contributed by atoms with Crippen molar-refractivity contribution in [2.45, 2.75) is 31.2 Å². The van der Waals surface area contributed by atoms with E-state index in [-0.39, 0.29) is 30.7 Å². The topological polar surface area (TPSA) is 29.1 Å². The number of carbonyl (C=O) groups is 1. The maximum atomic E-state index is 13.0. The minimum absolute atomic E-state index is 0. The number of aryl methyl sites for hydroxylation is 2. The van der Waals surface area contributed by atoms with Gasteiger partial charge >= 0.3 is 152 Å². The van der Waals surface area contributed by atoms with Crippen LogP contribution in [0.3, 0.4) is 0 Å². The first-order chi connectivity index (χ1) is 11.5. The zero-order valence-corrected chi connectivity index (χ0v) is 19.7. The Morgan fingerprint density at radius 2 is 1.62 bits per heavy atom. The molecule has 0 aromatic heterocycles. The van der Waals surface area contributed by atoms with E-state index >= 15 is 0 Å². The second kappa shape index (κ2) is 9.91. The van der Waals surface area contributed by atoms with E-state index < -0.39 is 24.0 Å². The third-order valence-electron chi connectivity index (χ3n) is 4.72. The van der Waals surface area contributed by atoms with Crippen LogP contribution in [-0.4, -0.2) is 12.6 Å². The van der Waals surface area contributed by atoms with Crippen LogP contribution in [-0.2, 0) is 17.4 Å². The first-order valence-electron chi connectivity index (χ1n) is 8.50. The molecule has 0 radical (unpaired) electrons. The maximum Gasteiger partial charge on any atom is -1.00 e. The van der Waals surface area contributed by atoms with Gasteiger partial charge in [0.25, 0.3) is 0 Å². The van der Waals surface area contributed by atoms with Crippen LogP contribution in [0.2, 0.25) is 13.1 Å². The molecule has 1 aliphatic carbocycles. The molecule has 1 N–H and O–H groups in total. The van der Waals surface area contributed by atoms with Crippen LogP contribution in [0.4, 0.5) is 0 Å². The van der Waals surface area contributed by atoms with Crippen molar-refractivity contribution in [1.29, 1.82) is 0 Å². The quantitative estimate of drug-likeness (QED) is 0.565. The van der Waals surface area contributed by atoms with Gasteiger partial charge in [0.2, 0.25) is 0 Å². The fourth-order valence-corrected chi connectivity index (χ4v) is 13.2. The van der Waals surface area contributed by atoms with E-state index in [9.17, 15) is 4.79 Å².